The summed E-state index contributed by atoms with van der Waals surface area (Å²) in [5.41, 5.74) is 0. The van der Waals surface area contributed by atoms with E-state index in [2.05, 4.69) is 5.32 Å². The fourth-order valence-corrected chi connectivity index (χ4v) is 2.88. The van der Waals surface area contributed by atoms with Crippen molar-refractivity contribution in [2.24, 2.45) is 0 Å². The van der Waals surface area contributed by atoms with Gasteiger partial charge in [-0.2, -0.15) is 0 Å². The van der Waals surface area contributed by atoms with Crippen molar-refractivity contribution < 1.29 is 0 Å². The first kappa shape index (κ1) is 12.6. The zero-order valence-corrected chi connectivity index (χ0v) is 11.3. The van der Waals surface area contributed by atoms with E-state index in [1.807, 2.05) is 18.2 Å². The summed E-state index contributed by atoms with van der Waals surface area (Å²) in [4.78, 5) is 1.08. The van der Waals surface area contributed by atoms with Gasteiger partial charge in [0.25, 0.3) is 0 Å². The van der Waals surface area contributed by atoms with Gasteiger partial charge >= 0.3 is 0 Å². The summed E-state index contributed by atoms with van der Waals surface area (Å²) in [6, 6.07) is 6.42. The highest BCUT2D eigenvalue weighted by molar-refractivity contribution is 7.99. The number of nitrogens with one attached hydrogen (secondary N) is 1. The molecular weight excluding hydrogens is 261 g/mol. The van der Waals surface area contributed by atoms with E-state index in [0.29, 0.717) is 0 Å². The molecule has 1 nitrogen and oxygen atoms in total. The predicted octanol–water partition coefficient (Wildman–Crippen LogP) is 4.23. The number of hydrogen-bond donors (Lipinski definition) is 1. The Hall–Kier alpha value is 0.110. The SMILES string of the molecule is Clc1ccc(Cl)c(SCCCNC2CC2)c1. The molecule has 1 aliphatic rings. The van der Waals surface area contributed by atoms with Crippen LogP contribution in [0.15, 0.2) is 23.1 Å². The molecule has 1 saturated carbocycles. The molecule has 1 fully saturated rings. The molecule has 16 heavy (non-hydrogen) atoms. The van der Waals surface area contributed by atoms with Crippen LogP contribution in [-0.2, 0) is 0 Å². The van der Waals surface area contributed by atoms with Crippen molar-refractivity contribution in [1.82, 2.24) is 5.32 Å². The number of benzene rings is 1. The largest absolute Gasteiger partial charge is 0.314 e. The van der Waals surface area contributed by atoms with Gasteiger partial charge in [0.1, 0.15) is 0 Å². The highest BCUT2D eigenvalue weighted by atomic mass is 35.5. The van der Waals surface area contributed by atoms with Crippen molar-refractivity contribution >= 4 is 35.0 Å². The normalized spacial score (nSPS) is 15.4. The van der Waals surface area contributed by atoms with E-state index >= 15 is 0 Å². The minimum atomic E-state index is 0.753. The Bertz CT molecular complexity index is 353. The molecule has 0 bridgehead atoms. The summed E-state index contributed by atoms with van der Waals surface area (Å²) < 4.78 is 0. The second kappa shape index (κ2) is 6.15. The lowest BCUT2D eigenvalue weighted by molar-refractivity contribution is 0.674. The van der Waals surface area contributed by atoms with Gasteiger partial charge in [0.05, 0.1) is 5.02 Å². The molecule has 0 unspecified atom stereocenters. The molecule has 1 aromatic carbocycles. The molecule has 2 rings (SSSR count). The average Bonchev–Trinajstić information content (AvgIpc) is 3.06. The van der Waals surface area contributed by atoms with Crippen LogP contribution in [-0.4, -0.2) is 18.3 Å². The van der Waals surface area contributed by atoms with Gasteiger partial charge in [-0.3, -0.25) is 0 Å². The van der Waals surface area contributed by atoms with E-state index in [1.54, 1.807) is 11.8 Å². The van der Waals surface area contributed by atoms with Crippen LogP contribution in [0.4, 0.5) is 0 Å². The quantitative estimate of drug-likeness (QED) is 0.616. The summed E-state index contributed by atoms with van der Waals surface area (Å²) in [6.07, 6.45) is 3.88. The molecule has 0 radical (unpaired) electrons. The summed E-state index contributed by atoms with van der Waals surface area (Å²) in [5, 5.41) is 5.05. The predicted molar refractivity (Wildman–Crippen MR) is 72.8 cm³/mol. The Balaban J connectivity index is 1.69. The number of hydrogen-bond acceptors (Lipinski definition) is 2. The van der Waals surface area contributed by atoms with E-state index in [1.165, 1.54) is 19.3 Å². The summed E-state index contributed by atoms with van der Waals surface area (Å²) in [6.45, 7) is 1.11. The second-order valence-electron chi connectivity index (χ2n) is 4.01. The van der Waals surface area contributed by atoms with E-state index in [-0.39, 0.29) is 0 Å². The molecule has 1 N–H and O–H groups in total. The van der Waals surface area contributed by atoms with Crippen LogP contribution in [0.3, 0.4) is 0 Å². The average molecular weight is 276 g/mol. The molecule has 0 heterocycles. The van der Waals surface area contributed by atoms with Crippen LogP contribution < -0.4 is 5.32 Å². The third-order valence-electron chi connectivity index (χ3n) is 2.48. The number of halogens is 2. The maximum atomic E-state index is 6.07. The molecule has 1 aliphatic carbocycles. The van der Waals surface area contributed by atoms with E-state index in [0.717, 1.165) is 33.3 Å². The third kappa shape index (κ3) is 4.17. The first-order valence-electron chi connectivity index (χ1n) is 5.57. The van der Waals surface area contributed by atoms with Crippen LogP contribution in [0.1, 0.15) is 19.3 Å². The molecule has 0 spiro atoms. The van der Waals surface area contributed by atoms with Gasteiger partial charge in [-0.25, -0.2) is 0 Å². The Morgan fingerprint density at radius 3 is 2.88 bits per heavy atom. The lowest BCUT2D eigenvalue weighted by atomic mass is 10.4. The van der Waals surface area contributed by atoms with Gasteiger partial charge in [-0.15, -0.1) is 11.8 Å². The van der Waals surface area contributed by atoms with Crippen molar-refractivity contribution in [1.29, 1.82) is 0 Å². The van der Waals surface area contributed by atoms with Crippen molar-refractivity contribution in [2.75, 3.05) is 12.3 Å². The van der Waals surface area contributed by atoms with Crippen LogP contribution in [0.25, 0.3) is 0 Å². The van der Waals surface area contributed by atoms with Crippen molar-refractivity contribution in [3.8, 4) is 0 Å². The maximum absolute atomic E-state index is 6.07. The van der Waals surface area contributed by atoms with Gasteiger partial charge in [0.2, 0.25) is 0 Å². The summed E-state index contributed by atoms with van der Waals surface area (Å²) >= 11 is 13.8. The minimum Gasteiger partial charge on any atom is -0.314 e. The van der Waals surface area contributed by atoms with Crippen LogP contribution >= 0.6 is 35.0 Å². The molecule has 88 valence electrons. The summed E-state index contributed by atoms with van der Waals surface area (Å²) in [7, 11) is 0. The zero-order chi connectivity index (χ0) is 11.4. The Labute approximate surface area is 111 Å². The number of rotatable bonds is 6. The third-order valence-corrected chi connectivity index (χ3v) is 4.30. The standard InChI is InChI=1S/C12H15Cl2NS/c13-9-2-5-11(14)12(8-9)16-7-1-6-15-10-3-4-10/h2,5,8,10,15H,1,3-4,6-7H2. The highest BCUT2D eigenvalue weighted by Crippen LogP contribution is 2.30. The fraction of sp³-hybridized carbons (Fsp3) is 0.500. The molecule has 0 aromatic heterocycles. The lowest BCUT2D eigenvalue weighted by Crippen LogP contribution is -2.17. The molecule has 0 saturated heterocycles. The molecule has 0 amide bonds. The van der Waals surface area contributed by atoms with Gasteiger partial charge in [-0.05, 0) is 49.8 Å². The highest BCUT2D eigenvalue weighted by Gasteiger charge is 2.19. The molecule has 1 aromatic rings. The van der Waals surface area contributed by atoms with Crippen LogP contribution in [0.5, 0.6) is 0 Å². The zero-order valence-electron chi connectivity index (χ0n) is 9.01. The Morgan fingerprint density at radius 2 is 2.12 bits per heavy atom. The smallest absolute Gasteiger partial charge is 0.0542 e. The van der Waals surface area contributed by atoms with Crippen molar-refractivity contribution in [3.05, 3.63) is 28.2 Å². The monoisotopic (exact) mass is 275 g/mol. The van der Waals surface area contributed by atoms with Crippen molar-refractivity contribution in [3.63, 3.8) is 0 Å². The van der Waals surface area contributed by atoms with Crippen molar-refractivity contribution in [2.45, 2.75) is 30.2 Å². The topological polar surface area (TPSA) is 12.0 Å². The fourth-order valence-electron chi connectivity index (χ4n) is 1.44. The molecule has 0 aliphatic heterocycles. The first-order valence-corrected chi connectivity index (χ1v) is 7.31. The first-order chi connectivity index (χ1) is 7.75. The lowest BCUT2D eigenvalue weighted by Gasteiger charge is -2.05. The summed E-state index contributed by atoms with van der Waals surface area (Å²) in [5.74, 6) is 1.08. The van der Waals surface area contributed by atoms with Gasteiger partial charge in [0, 0.05) is 16.0 Å². The number of thioether (sulfide) groups is 1. The Kier molecular flexibility index (Phi) is 4.83. The van der Waals surface area contributed by atoms with Crippen LogP contribution in [0.2, 0.25) is 10.0 Å². The van der Waals surface area contributed by atoms with Crippen LogP contribution in [0, 0.1) is 0 Å². The molecular formula is C12H15Cl2NS. The van der Waals surface area contributed by atoms with E-state index in [4.69, 9.17) is 23.2 Å². The maximum Gasteiger partial charge on any atom is 0.0542 e. The van der Waals surface area contributed by atoms with Gasteiger partial charge in [-0.1, -0.05) is 23.2 Å². The van der Waals surface area contributed by atoms with E-state index in [9.17, 15) is 0 Å². The van der Waals surface area contributed by atoms with Gasteiger partial charge < -0.3 is 5.32 Å². The second-order valence-corrected chi connectivity index (χ2v) is 5.99. The van der Waals surface area contributed by atoms with E-state index < -0.39 is 0 Å². The van der Waals surface area contributed by atoms with Gasteiger partial charge in [0.15, 0.2) is 0 Å². The Morgan fingerprint density at radius 1 is 1.31 bits per heavy atom. The molecule has 0 atom stereocenters. The minimum absolute atomic E-state index is 0.753. The molecule has 4 heteroatoms.